The quantitative estimate of drug-likeness (QED) is 0.912. The number of ether oxygens (including phenoxy) is 2. The van der Waals surface area contributed by atoms with Crippen molar-refractivity contribution < 1.29 is 9.47 Å². The molecule has 1 atom stereocenters. The first-order valence-corrected chi connectivity index (χ1v) is 6.56. The second-order valence-corrected chi connectivity index (χ2v) is 4.61. The maximum absolute atomic E-state index is 9.01. The molecule has 2 aromatic rings. The number of nitrogens with two attached hydrogens (primary N) is 1. The number of aromatic nitrogens is 1. The average molecular weight is 283 g/mol. The number of nitriles is 1. The largest absolute Gasteiger partial charge is 0.493 e. The number of benzene rings is 1. The van der Waals surface area contributed by atoms with Crippen LogP contribution in [0.5, 0.6) is 11.5 Å². The summed E-state index contributed by atoms with van der Waals surface area (Å²) in [5.41, 5.74) is 7.92. The molecule has 0 spiro atoms. The highest BCUT2D eigenvalue weighted by Crippen LogP contribution is 2.30. The van der Waals surface area contributed by atoms with Crippen molar-refractivity contribution >= 4 is 0 Å². The van der Waals surface area contributed by atoms with E-state index in [0.29, 0.717) is 17.2 Å². The molecule has 0 bridgehead atoms. The van der Waals surface area contributed by atoms with Gasteiger partial charge >= 0.3 is 0 Å². The van der Waals surface area contributed by atoms with Gasteiger partial charge in [0.2, 0.25) is 0 Å². The molecule has 2 rings (SSSR count). The zero-order valence-corrected chi connectivity index (χ0v) is 12.0. The molecule has 0 saturated heterocycles. The minimum atomic E-state index is -0.0727. The Bertz CT molecular complexity index is 663. The van der Waals surface area contributed by atoms with Gasteiger partial charge in [0.25, 0.3) is 0 Å². The van der Waals surface area contributed by atoms with Gasteiger partial charge in [-0.2, -0.15) is 5.26 Å². The maximum Gasteiger partial charge on any atom is 0.161 e. The van der Waals surface area contributed by atoms with E-state index in [0.717, 1.165) is 11.1 Å². The highest BCUT2D eigenvalue weighted by molar-refractivity contribution is 5.44. The average Bonchev–Trinajstić information content (AvgIpc) is 2.52. The van der Waals surface area contributed by atoms with Crippen molar-refractivity contribution in [2.24, 2.45) is 5.73 Å². The molecule has 108 valence electrons. The van der Waals surface area contributed by atoms with Crippen LogP contribution in [0.4, 0.5) is 0 Å². The number of nitrogens with zero attached hydrogens (tertiary/aromatic N) is 2. The number of rotatable bonds is 5. The van der Waals surface area contributed by atoms with Crippen molar-refractivity contribution in [1.82, 2.24) is 4.98 Å². The molecule has 0 fully saturated rings. The van der Waals surface area contributed by atoms with Gasteiger partial charge in [0.15, 0.2) is 11.5 Å². The summed E-state index contributed by atoms with van der Waals surface area (Å²) in [5.74, 6) is 1.22. The highest BCUT2D eigenvalue weighted by Gasteiger charge is 2.10. The summed E-state index contributed by atoms with van der Waals surface area (Å²) in [5, 5.41) is 9.01. The molecule has 0 aliphatic rings. The third kappa shape index (κ3) is 3.50. The first-order chi connectivity index (χ1) is 10.2. The topological polar surface area (TPSA) is 81.2 Å². The summed E-state index contributed by atoms with van der Waals surface area (Å²) in [6.45, 7) is 2.16. The lowest BCUT2D eigenvalue weighted by molar-refractivity contribution is 0.283. The van der Waals surface area contributed by atoms with Crippen LogP contribution in [0.3, 0.4) is 0 Å². The maximum atomic E-state index is 9.01. The Balaban J connectivity index is 2.18. The van der Waals surface area contributed by atoms with Gasteiger partial charge in [-0.1, -0.05) is 12.1 Å². The second-order valence-electron chi connectivity index (χ2n) is 4.61. The van der Waals surface area contributed by atoms with E-state index in [1.165, 1.54) is 0 Å². The molecule has 0 unspecified atom stereocenters. The molecule has 2 N–H and O–H groups in total. The molecular formula is C16H17N3O2. The van der Waals surface area contributed by atoms with Gasteiger partial charge in [-0.15, -0.1) is 0 Å². The summed E-state index contributed by atoms with van der Waals surface area (Å²) >= 11 is 0. The van der Waals surface area contributed by atoms with Crippen LogP contribution < -0.4 is 15.2 Å². The van der Waals surface area contributed by atoms with E-state index in [1.807, 2.05) is 37.3 Å². The molecule has 0 radical (unpaired) electrons. The highest BCUT2D eigenvalue weighted by atomic mass is 16.5. The number of pyridine rings is 1. The van der Waals surface area contributed by atoms with E-state index in [-0.39, 0.29) is 12.6 Å². The van der Waals surface area contributed by atoms with Crippen molar-refractivity contribution in [3.8, 4) is 17.6 Å². The fourth-order valence-corrected chi connectivity index (χ4v) is 1.90. The SMILES string of the molecule is COc1cc([C@@H](C)N)ccc1OCc1cccnc1C#N. The second kappa shape index (κ2) is 6.73. The van der Waals surface area contributed by atoms with Crippen LogP contribution in [0.2, 0.25) is 0 Å². The predicted octanol–water partition coefficient (Wildman–Crippen LogP) is 2.56. The monoisotopic (exact) mass is 283 g/mol. The summed E-state index contributed by atoms with van der Waals surface area (Å²) in [6.07, 6.45) is 1.58. The minimum Gasteiger partial charge on any atom is -0.493 e. The lowest BCUT2D eigenvalue weighted by atomic mass is 10.1. The molecular weight excluding hydrogens is 266 g/mol. The zero-order valence-electron chi connectivity index (χ0n) is 12.0. The molecule has 1 heterocycles. The lowest BCUT2D eigenvalue weighted by Gasteiger charge is -2.14. The molecule has 0 aliphatic heterocycles. The van der Waals surface area contributed by atoms with Crippen LogP contribution in [-0.4, -0.2) is 12.1 Å². The van der Waals surface area contributed by atoms with Crippen molar-refractivity contribution in [3.63, 3.8) is 0 Å². The number of hydrogen-bond acceptors (Lipinski definition) is 5. The van der Waals surface area contributed by atoms with E-state index >= 15 is 0 Å². The molecule has 21 heavy (non-hydrogen) atoms. The van der Waals surface area contributed by atoms with Gasteiger partial charge in [0.05, 0.1) is 7.11 Å². The Morgan fingerprint density at radius 1 is 1.33 bits per heavy atom. The first kappa shape index (κ1) is 14.8. The van der Waals surface area contributed by atoms with Crippen LogP contribution in [0.25, 0.3) is 0 Å². The molecule has 0 saturated carbocycles. The van der Waals surface area contributed by atoms with Gasteiger partial charge in [0.1, 0.15) is 18.4 Å². The summed E-state index contributed by atoms with van der Waals surface area (Å²) < 4.78 is 11.1. The Hall–Kier alpha value is -2.58. The van der Waals surface area contributed by atoms with Gasteiger partial charge in [0, 0.05) is 17.8 Å². The molecule has 1 aromatic carbocycles. The molecule has 1 aromatic heterocycles. The van der Waals surface area contributed by atoms with Crippen LogP contribution in [0.15, 0.2) is 36.5 Å². The minimum absolute atomic E-state index is 0.0727. The number of hydrogen-bond donors (Lipinski definition) is 1. The van der Waals surface area contributed by atoms with E-state index in [9.17, 15) is 0 Å². The van der Waals surface area contributed by atoms with Crippen molar-refractivity contribution in [3.05, 3.63) is 53.3 Å². The Labute approximate surface area is 123 Å². The van der Waals surface area contributed by atoms with Crippen LogP contribution in [0, 0.1) is 11.3 Å². The summed E-state index contributed by atoms with van der Waals surface area (Å²) in [6, 6.07) is 11.1. The zero-order chi connectivity index (χ0) is 15.2. The normalized spacial score (nSPS) is 11.5. The lowest BCUT2D eigenvalue weighted by Crippen LogP contribution is -2.06. The number of methoxy groups -OCH3 is 1. The van der Waals surface area contributed by atoms with Crippen molar-refractivity contribution in [2.45, 2.75) is 19.6 Å². The van der Waals surface area contributed by atoms with Gasteiger partial charge in [-0.25, -0.2) is 4.98 Å². The van der Waals surface area contributed by atoms with Crippen molar-refractivity contribution in [2.75, 3.05) is 7.11 Å². The van der Waals surface area contributed by atoms with Gasteiger partial charge in [-0.3, -0.25) is 0 Å². The summed E-state index contributed by atoms with van der Waals surface area (Å²) in [7, 11) is 1.58. The van der Waals surface area contributed by atoms with E-state index in [2.05, 4.69) is 4.98 Å². The molecule has 5 nitrogen and oxygen atoms in total. The van der Waals surface area contributed by atoms with Gasteiger partial charge in [-0.05, 0) is 30.7 Å². The Morgan fingerprint density at radius 2 is 2.14 bits per heavy atom. The third-order valence-electron chi connectivity index (χ3n) is 3.09. The molecule has 0 aliphatic carbocycles. The van der Waals surface area contributed by atoms with E-state index in [4.69, 9.17) is 20.5 Å². The first-order valence-electron chi connectivity index (χ1n) is 6.56. The standard InChI is InChI=1S/C16H17N3O2/c1-11(18)12-5-6-15(16(8-12)20-2)21-10-13-4-3-7-19-14(13)9-17/h3-8,11H,10,18H2,1-2H3/t11-/m1/s1. The van der Waals surface area contributed by atoms with Crippen LogP contribution in [0.1, 0.15) is 29.8 Å². The summed E-state index contributed by atoms with van der Waals surface area (Å²) in [4.78, 5) is 4.00. The molecule has 5 heteroatoms. The fraction of sp³-hybridized carbons (Fsp3) is 0.250. The van der Waals surface area contributed by atoms with Gasteiger partial charge < -0.3 is 15.2 Å². The third-order valence-corrected chi connectivity index (χ3v) is 3.09. The van der Waals surface area contributed by atoms with E-state index in [1.54, 1.807) is 19.4 Å². The Morgan fingerprint density at radius 3 is 2.81 bits per heavy atom. The predicted molar refractivity (Wildman–Crippen MR) is 78.9 cm³/mol. The van der Waals surface area contributed by atoms with Crippen LogP contribution >= 0.6 is 0 Å². The van der Waals surface area contributed by atoms with Crippen LogP contribution in [-0.2, 0) is 6.61 Å². The smallest absolute Gasteiger partial charge is 0.161 e. The van der Waals surface area contributed by atoms with Crippen molar-refractivity contribution in [1.29, 1.82) is 5.26 Å². The Kier molecular flexibility index (Phi) is 4.75. The molecule has 0 amide bonds. The van der Waals surface area contributed by atoms with E-state index < -0.39 is 0 Å². The fourth-order valence-electron chi connectivity index (χ4n) is 1.90.